The van der Waals surface area contributed by atoms with Crippen molar-refractivity contribution in [2.75, 3.05) is 0 Å². The molecule has 2 aromatic carbocycles. The summed E-state index contributed by atoms with van der Waals surface area (Å²) < 4.78 is 25.4. The van der Waals surface area contributed by atoms with Crippen LogP contribution in [0.4, 0.5) is 0 Å². The van der Waals surface area contributed by atoms with Gasteiger partial charge in [-0.05, 0) is 29.3 Å². The Morgan fingerprint density at radius 3 is 2.50 bits per heavy atom. The van der Waals surface area contributed by atoms with Crippen molar-refractivity contribution in [3.63, 3.8) is 0 Å². The van der Waals surface area contributed by atoms with Gasteiger partial charge in [-0.15, -0.1) is 0 Å². The average molecular weight is 392 g/mol. The molecule has 4 N–H and O–H groups in total. The van der Waals surface area contributed by atoms with Gasteiger partial charge in [0.2, 0.25) is 15.9 Å². The molecule has 0 saturated heterocycles. The van der Waals surface area contributed by atoms with E-state index in [0.717, 1.165) is 0 Å². The molecule has 134 valence electrons. The first kappa shape index (κ1) is 18.1. The SMILES string of the molecule is NC(=O)C(c1ccc(-n2cncn2)c(S(N)(=O)=O)c1)c1ccccc1Cl. The van der Waals surface area contributed by atoms with E-state index in [0.29, 0.717) is 16.1 Å². The molecule has 3 rings (SSSR count). The number of hydrogen-bond acceptors (Lipinski definition) is 5. The van der Waals surface area contributed by atoms with Crippen LogP contribution in [-0.4, -0.2) is 29.1 Å². The standard InChI is InChI=1S/C16H14ClN5O3S/c17-12-4-2-1-3-11(12)15(16(18)23)10-5-6-13(22-9-20-8-21-22)14(7-10)26(19,24)25/h1-9,15H,(H2,18,23)(H2,19,24,25). The van der Waals surface area contributed by atoms with Crippen LogP contribution in [0.5, 0.6) is 0 Å². The van der Waals surface area contributed by atoms with E-state index in [1.807, 2.05) is 0 Å². The smallest absolute Gasteiger partial charge is 0.240 e. The first-order valence-corrected chi connectivity index (χ1v) is 9.27. The van der Waals surface area contributed by atoms with Crippen LogP contribution in [0.15, 0.2) is 60.0 Å². The number of nitrogens with two attached hydrogens (primary N) is 2. The molecule has 0 spiro atoms. The number of primary sulfonamides is 1. The second kappa shape index (κ2) is 6.87. The second-order valence-electron chi connectivity index (χ2n) is 5.47. The number of carbonyl (C=O) groups excluding carboxylic acids is 1. The predicted molar refractivity (Wildman–Crippen MR) is 95.2 cm³/mol. The zero-order chi connectivity index (χ0) is 18.9. The largest absolute Gasteiger partial charge is 0.369 e. The zero-order valence-corrected chi connectivity index (χ0v) is 14.9. The number of carbonyl (C=O) groups is 1. The van der Waals surface area contributed by atoms with E-state index in [4.69, 9.17) is 22.5 Å². The van der Waals surface area contributed by atoms with Crippen molar-refractivity contribution in [2.24, 2.45) is 10.9 Å². The Morgan fingerprint density at radius 2 is 1.92 bits per heavy atom. The Balaban J connectivity index is 2.22. The fourth-order valence-electron chi connectivity index (χ4n) is 2.67. The summed E-state index contributed by atoms with van der Waals surface area (Å²) in [4.78, 5) is 15.7. The minimum Gasteiger partial charge on any atom is -0.369 e. The van der Waals surface area contributed by atoms with Gasteiger partial charge < -0.3 is 5.73 Å². The van der Waals surface area contributed by atoms with Crippen LogP contribution in [0.25, 0.3) is 5.69 Å². The maximum atomic E-state index is 12.1. The number of halogens is 1. The Morgan fingerprint density at radius 1 is 1.19 bits per heavy atom. The Bertz CT molecular complexity index is 1070. The van der Waals surface area contributed by atoms with Gasteiger partial charge in [0.25, 0.3) is 0 Å². The molecule has 1 heterocycles. The van der Waals surface area contributed by atoms with Crippen molar-refractivity contribution in [3.05, 3.63) is 71.3 Å². The lowest BCUT2D eigenvalue weighted by Gasteiger charge is -2.18. The molecule has 26 heavy (non-hydrogen) atoms. The molecule has 1 atom stereocenters. The van der Waals surface area contributed by atoms with Crippen LogP contribution in [-0.2, 0) is 14.8 Å². The molecule has 0 bridgehead atoms. The molecule has 0 fully saturated rings. The van der Waals surface area contributed by atoms with Gasteiger partial charge in [0.15, 0.2) is 0 Å². The van der Waals surface area contributed by atoms with Gasteiger partial charge >= 0.3 is 0 Å². The third kappa shape index (κ3) is 3.45. The maximum Gasteiger partial charge on any atom is 0.240 e. The normalized spacial score (nSPS) is 12.7. The molecule has 10 heteroatoms. The Kier molecular flexibility index (Phi) is 4.77. The lowest BCUT2D eigenvalue weighted by atomic mass is 9.90. The summed E-state index contributed by atoms with van der Waals surface area (Å²) in [6.45, 7) is 0. The fourth-order valence-corrected chi connectivity index (χ4v) is 3.66. The fraction of sp³-hybridized carbons (Fsp3) is 0.0625. The Hall–Kier alpha value is -2.75. The molecule has 0 saturated carbocycles. The lowest BCUT2D eigenvalue weighted by molar-refractivity contribution is -0.118. The first-order chi connectivity index (χ1) is 12.3. The van der Waals surface area contributed by atoms with Crippen LogP contribution >= 0.6 is 11.6 Å². The molecule has 0 aliphatic heterocycles. The summed E-state index contributed by atoms with van der Waals surface area (Å²) in [5.41, 5.74) is 6.57. The van der Waals surface area contributed by atoms with Gasteiger partial charge in [-0.3, -0.25) is 4.79 Å². The van der Waals surface area contributed by atoms with Gasteiger partial charge in [0.05, 0.1) is 11.6 Å². The topological polar surface area (TPSA) is 134 Å². The second-order valence-corrected chi connectivity index (χ2v) is 7.41. The lowest BCUT2D eigenvalue weighted by Crippen LogP contribution is -2.24. The molecular formula is C16H14ClN5O3S. The van der Waals surface area contributed by atoms with Gasteiger partial charge in [0, 0.05) is 5.02 Å². The summed E-state index contributed by atoms with van der Waals surface area (Å²) in [6, 6.07) is 11.1. The zero-order valence-electron chi connectivity index (χ0n) is 13.3. The molecule has 3 aromatic rings. The quantitative estimate of drug-likeness (QED) is 0.673. The number of primary amides is 1. The van der Waals surface area contributed by atoms with Crippen LogP contribution in [0.1, 0.15) is 17.0 Å². The summed E-state index contributed by atoms with van der Waals surface area (Å²) in [6.07, 6.45) is 2.60. The highest BCUT2D eigenvalue weighted by molar-refractivity contribution is 7.89. The van der Waals surface area contributed by atoms with Gasteiger partial charge in [0.1, 0.15) is 17.6 Å². The van der Waals surface area contributed by atoms with E-state index in [9.17, 15) is 13.2 Å². The van der Waals surface area contributed by atoms with Gasteiger partial charge in [-0.25, -0.2) is 23.2 Å². The van der Waals surface area contributed by atoms with Crippen LogP contribution in [0.3, 0.4) is 0 Å². The summed E-state index contributed by atoms with van der Waals surface area (Å²) in [7, 11) is -4.11. The third-order valence-corrected chi connectivity index (χ3v) is 5.07. The number of nitrogens with zero attached hydrogens (tertiary/aromatic N) is 3. The summed E-state index contributed by atoms with van der Waals surface area (Å²) in [5, 5.41) is 9.60. The van der Waals surface area contributed by atoms with Crippen molar-refractivity contribution in [1.82, 2.24) is 14.8 Å². The van der Waals surface area contributed by atoms with Crippen molar-refractivity contribution in [1.29, 1.82) is 0 Å². The molecule has 8 nitrogen and oxygen atoms in total. The number of benzene rings is 2. The Labute approximate surface area is 154 Å². The van der Waals surface area contributed by atoms with Gasteiger partial charge in [-0.2, -0.15) is 5.10 Å². The minimum absolute atomic E-state index is 0.205. The monoisotopic (exact) mass is 391 g/mol. The van der Waals surface area contributed by atoms with Crippen molar-refractivity contribution in [2.45, 2.75) is 10.8 Å². The number of hydrogen-bond donors (Lipinski definition) is 2. The van der Waals surface area contributed by atoms with Crippen LogP contribution in [0, 0.1) is 0 Å². The number of sulfonamides is 1. The highest BCUT2D eigenvalue weighted by atomic mass is 35.5. The van der Waals surface area contributed by atoms with E-state index in [1.54, 1.807) is 30.3 Å². The number of rotatable bonds is 5. The molecular weight excluding hydrogens is 378 g/mol. The molecule has 1 aromatic heterocycles. The number of aromatic nitrogens is 3. The maximum absolute atomic E-state index is 12.1. The third-order valence-electron chi connectivity index (χ3n) is 3.79. The highest BCUT2D eigenvalue weighted by Gasteiger charge is 2.26. The average Bonchev–Trinajstić information content (AvgIpc) is 3.10. The van der Waals surface area contributed by atoms with E-state index in [-0.39, 0.29) is 10.6 Å². The minimum atomic E-state index is -4.11. The first-order valence-electron chi connectivity index (χ1n) is 7.34. The van der Waals surface area contributed by atoms with E-state index in [2.05, 4.69) is 10.1 Å². The predicted octanol–water partition coefficient (Wildman–Crippen LogP) is 1.19. The molecule has 0 aliphatic rings. The molecule has 0 radical (unpaired) electrons. The molecule has 0 aliphatic carbocycles. The number of amides is 1. The highest BCUT2D eigenvalue weighted by Crippen LogP contribution is 2.32. The van der Waals surface area contributed by atoms with E-state index in [1.165, 1.54) is 29.5 Å². The van der Waals surface area contributed by atoms with Gasteiger partial charge in [-0.1, -0.05) is 35.9 Å². The van der Waals surface area contributed by atoms with Crippen molar-refractivity contribution < 1.29 is 13.2 Å². The van der Waals surface area contributed by atoms with E-state index >= 15 is 0 Å². The van der Waals surface area contributed by atoms with E-state index < -0.39 is 21.8 Å². The van der Waals surface area contributed by atoms with Crippen LogP contribution in [0.2, 0.25) is 5.02 Å². The molecule has 1 unspecified atom stereocenters. The van der Waals surface area contributed by atoms with Crippen molar-refractivity contribution in [3.8, 4) is 5.69 Å². The molecule has 1 amide bonds. The van der Waals surface area contributed by atoms with Crippen molar-refractivity contribution >= 4 is 27.5 Å². The summed E-state index contributed by atoms with van der Waals surface area (Å²) in [5.74, 6) is -1.61. The van der Waals surface area contributed by atoms with Crippen LogP contribution < -0.4 is 10.9 Å². The summed E-state index contributed by atoms with van der Waals surface area (Å²) >= 11 is 6.18.